The van der Waals surface area contributed by atoms with Crippen molar-refractivity contribution in [1.82, 2.24) is 10.6 Å². The Morgan fingerprint density at radius 2 is 1.95 bits per heavy atom. The van der Waals surface area contributed by atoms with Gasteiger partial charge in [-0.25, -0.2) is 9.59 Å². The predicted molar refractivity (Wildman–Crippen MR) is 72.6 cm³/mol. The summed E-state index contributed by atoms with van der Waals surface area (Å²) in [5.74, 6) is -1.10. The van der Waals surface area contributed by atoms with E-state index in [1.807, 2.05) is 12.1 Å². The van der Waals surface area contributed by atoms with Crippen LogP contribution in [0.1, 0.15) is 11.1 Å². The Morgan fingerprint density at radius 3 is 2.45 bits per heavy atom. The highest BCUT2D eigenvalue weighted by Gasteiger charge is 2.23. The molecule has 0 aliphatic heterocycles. The van der Waals surface area contributed by atoms with E-state index < -0.39 is 12.1 Å². The number of carboxylic acid groups (broad SMARTS) is 1. The van der Waals surface area contributed by atoms with Gasteiger partial charge in [-0.1, -0.05) is 24.3 Å². The Labute approximate surface area is 117 Å². The van der Waals surface area contributed by atoms with Crippen LogP contribution in [0.4, 0.5) is 4.79 Å². The van der Waals surface area contributed by atoms with Crippen LogP contribution in [0, 0.1) is 0 Å². The lowest BCUT2D eigenvalue weighted by Gasteiger charge is -2.15. The highest BCUT2D eigenvalue weighted by Crippen LogP contribution is 2.21. The molecule has 2 amide bonds. The van der Waals surface area contributed by atoms with Crippen molar-refractivity contribution in [2.45, 2.75) is 25.0 Å². The topological polar surface area (TPSA) is 87.7 Å². The van der Waals surface area contributed by atoms with E-state index >= 15 is 0 Å². The number of benzene rings is 1. The van der Waals surface area contributed by atoms with Crippen molar-refractivity contribution in [3.8, 4) is 0 Å². The highest BCUT2D eigenvalue weighted by molar-refractivity contribution is 5.77. The van der Waals surface area contributed by atoms with E-state index in [2.05, 4.69) is 22.8 Å². The number of carbonyl (C=O) groups is 2. The van der Waals surface area contributed by atoms with Crippen molar-refractivity contribution < 1.29 is 19.4 Å². The molecule has 0 spiro atoms. The number of nitrogens with one attached hydrogen (secondary N) is 2. The average molecular weight is 278 g/mol. The molecular weight excluding hydrogens is 260 g/mol. The Hall–Kier alpha value is -2.08. The fourth-order valence-corrected chi connectivity index (χ4v) is 2.35. The van der Waals surface area contributed by atoms with E-state index in [9.17, 15) is 9.59 Å². The molecule has 0 radical (unpaired) electrons. The summed E-state index contributed by atoms with van der Waals surface area (Å²) in [6.45, 7) is -0.0582. The van der Waals surface area contributed by atoms with Crippen LogP contribution >= 0.6 is 0 Å². The molecule has 6 nitrogen and oxygen atoms in total. The number of ether oxygens (including phenoxy) is 1. The van der Waals surface area contributed by atoms with Crippen LogP contribution in [-0.4, -0.2) is 42.9 Å². The lowest BCUT2D eigenvalue weighted by molar-refractivity contribution is -0.147. The SMILES string of the molecule is COC(CNC(=O)NC1Cc2ccccc2C1)C(=O)O. The first kappa shape index (κ1) is 14.3. The number of hydrogen-bond donors (Lipinski definition) is 3. The van der Waals surface area contributed by atoms with Crippen molar-refractivity contribution in [3.05, 3.63) is 35.4 Å². The van der Waals surface area contributed by atoms with Crippen molar-refractivity contribution in [3.63, 3.8) is 0 Å². The van der Waals surface area contributed by atoms with Crippen LogP contribution in [0.5, 0.6) is 0 Å². The lowest BCUT2D eigenvalue weighted by Crippen LogP contribution is -2.46. The smallest absolute Gasteiger partial charge is 0.334 e. The third-order valence-corrected chi connectivity index (χ3v) is 3.39. The molecule has 0 heterocycles. The van der Waals surface area contributed by atoms with Crippen LogP contribution < -0.4 is 10.6 Å². The Balaban J connectivity index is 1.78. The maximum Gasteiger partial charge on any atom is 0.334 e. The zero-order chi connectivity index (χ0) is 14.5. The number of methoxy groups -OCH3 is 1. The summed E-state index contributed by atoms with van der Waals surface area (Å²) in [5, 5.41) is 14.2. The summed E-state index contributed by atoms with van der Waals surface area (Å²) in [6.07, 6.45) is 0.577. The molecule has 0 saturated carbocycles. The predicted octanol–water partition coefficient (Wildman–Crippen LogP) is 0.553. The Bertz CT molecular complexity index is 479. The van der Waals surface area contributed by atoms with Crippen LogP contribution in [0.25, 0.3) is 0 Å². The summed E-state index contributed by atoms with van der Waals surface area (Å²) < 4.78 is 4.74. The Kier molecular flexibility index (Phi) is 4.57. The number of amides is 2. The maximum absolute atomic E-state index is 11.7. The quantitative estimate of drug-likeness (QED) is 0.734. The standard InChI is InChI=1S/C14H18N2O4/c1-20-12(13(17)18)8-15-14(19)16-11-6-9-4-2-3-5-10(9)7-11/h2-5,11-12H,6-8H2,1H3,(H,17,18)(H2,15,16,19). The van der Waals surface area contributed by atoms with E-state index in [1.54, 1.807) is 0 Å². The molecule has 1 aliphatic carbocycles. The minimum Gasteiger partial charge on any atom is -0.479 e. The van der Waals surface area contributed by atoms with Crippen molar-refractivity contribution in [1.29, 1.82) is 0 Å². The molecule has 6 heteroatoms. The summed E-state index contributed by atoms with van der Waals surface area (Å²) in [6, 6.07) is 7.76. The van der Waals surface area contributed by atoms with E-state index in [1.165, 1.54) is 18.2 Å². The van der Waals surface area contributed by atoms with Gasteiger partial charge in [-0.05, 0) is 24.0 Å². The zero-order valence-corrected chi connectivity index (χ0v) is 11.3. The van der Waals surface area contributed by atoms with E-state index in [0.29, 0.717) is 0 Å². The number of carbonyl (C=O) groups excluding carboxylic acids is 1. The van der Waals surface area contributed by atoms with Gasteiger partial charge in [0, 0.05) is 13.2 Å². The van der Waals surface area contributed by atoms with Gasteiger partial charge in [0.25, 0.3) is 0 Å². The van der Waals surface area contributed by atoms with Gasteiger partial charge in [-0.15, -0.1) is 0 Å². The van der Waals surface area contributed by atoms with Gasteiger partial charge in [0.15, 0.2) is 6.10 Å². The first-order valence-corrected chi connectivity index (χ1v) is 6.47. The van der Waals surface area contributed by atoms with Gasteiger partial charge < -0.3 is 20.5 Å². The third kappa shape index (κ3) is 3.48. The first-order valence-electron chi connectivity index (χ1n) is 6.47. The molecule has 1 unspecified atom stereocenters. The molecule has 1 atom stereocenters. The number of fused-ring (bicyclic) bond motifs is 1. The summed E-state index contributed by atoms with van der Waals surface area (Å²) in [5.41, 5.74) is 2.50. The normalized spacial score (nSPS) is 15.4. The zero-order valence-electron chi connectivity index (χ0n) is 11.3. The van der Waals surface area contributed by atoms with E-state index in [4.69, 9.17) is 9.84 Å². The van der Waals surface area contributed by atoms with Crippen LogP contribution in [0.2, 0.25) is 0 Å². The fraction of sp³-hybridized carbons (Fsp3) is 0.429. The molecule has 1 aromatic carbocycles. The summed E-state index contributed by atoms with van der Waals surface area (Å²) >= 11 is 0. The molecule has 0 aromatic heterocycles. The second-order valence-corrected chi connectivity index (χ2v) is 4.79. The van der Waals surface area contributed by atoms with Gasteiger partial charge >= 0.3 is 12.0 Å². The van der Waals surface area contributed by atoms with Gasteiger partial charge in [-0.2, -0.15) is 0 Å². The number of aliphatic carboxylic acids is 1. The average Bonchev–Trinajstić information content (AvgIpc) is 2.80. The second-order valence-electron chi connectivity index (χ2n) is 4.79. The fourth-order valence-electron chi connectivity index (χ4n) is 2.35. The van der Waals surface area contributed by atoms with Gasteiger partial charge in [0.2, 0.25) is 0 Å². The van der Waals surface area contributed by atoms with Gasteiger partial charge in [-0.3, -0.25) is 0 Å². The van der Waals surface area contributed by atoms with Crippen LogP contribution in [0.15, 0.2) is 24.3 Å². The molecular formula is C14H18N2O4. The number of hydrogen-bond acceptors (Lipinski definition) is 3. The molecule has 0 bridgehead atoms. The summed E-state index contributed by atoms with van der Waals surface area (Å²) in [4.78, 5) is 22.5. The molecule has 0 saturated heterocycles. The van der Waals surface area contributed by atoms with E-state index in [-0.39, 0.29) is 18.6 Å². The van der Waals surface area contributed by atoms with Crippen molar-refractivity contribution in [2.75, 3.05) is 13.7 Å². The largest absolute Gasteiger partial charge is 0.479 e. The minimum absolute atomic E-state index is 0.0539. The third-order valence-electron chi connectivity index (χ3n) is 3.39. The maximum atomic E-state index is 11.7. The molecule has 1 aromatic rings. The molecule has 2 rings (SSSR count). The summed E-state index contributed by atoms with van der Waals surface area (Å²) in [7, 11) is 1.30. The van der Waals surface area contributed by atoms with Crippen molar-refractivity contribution >= 4 is 12.0 Å². The minimum atomic E-state index is -1.10. The molecule has 3 N–H and O–H groups in total. The van der Waals surface area contributed by atoms with E-state index in [0.717, 1.165) is 12.8 Å². The van der Waals surface area contributed by atoms with Crippen molar-refractivity contribution in [2.24, 2.45) is 0 Å². The Morgan fingerprint density at radius 1 is 1.35 bits per heavy atom. The molecule has 1 aliphatic rings. The van der Waals surface area contributed by atoms with Gasteiger partial charge in [0.05, 0.1) is 6.54 Å². The monoisotopic (exact) mass is 278 g/mol. The highest BCUT2D eigenvalue weighted by atomic mass is 16.5. The van der Waals surface area contributed by atoms with Crippen LogP contribution in [0.3, 0.4) is 0 Å². The number of carboxylic acids is 1. The second kappa shape index (κ2) is 6.38. The molecule has 0 fully saturated rings. The first-order chi connectivity index (χ1) is 9.60. The van der Waals surface area contributed by atoms with Crippen LogP contribution in [-0.2, 0) is 22.4 Å². The van der Waals surface area contributed by atoms with Gasteiger partial charge in [0.1, 0.15) is 0 Å². The lowest BCUT2D eigenvalue weighted by atomic mass is 10.1. The molecule has 20 heavy (non-hydrogen) atoms. The number of urea groups is 1. The number of rotatable bonds is 5. The molecule has 108 valence electrons.